The molecule has 0 aromatic heterocycles. The summed E-state index contributed by atoms with van der Waals surface area (Å²) in [6.45, 7) is 2.71. The van der Waals surface area contributed by atoms with Crippen LogP contribution in [0, 0.1) is 0 Å². The van der Waals surface area contributed by atoms with Crippen LogP contribution in [0.15, 0.2) is 30.3 Å². The van der Waals surface area contributed by atoms with Crippen molar-refractivity contribution in [3.05, 3.63) is 35.9 Å². The number of rotatable bonds is 4. The maximum atomic E-state index is 11.7. The first-order valence-electron chi connectivity index (χ1n) is 5.30. The van der Waals surface area contributed by atoms with Gasteiger partial charge < -0.3 is 4.74 Å². The number of ether oxygens (including phenoxy) is 1. The lowest BCUT2D eigenvalue weighted by atomic mass is 10.2. The number of amides is 1. The van der Waals surface area contributed by atoms with Crippen LogP contribution >= 0.6 is 0 Å². The van der Waals surface area contributed by atoms with E-state index in [0.717, 1.165) is 5.56 Å². The summed E-state index contributed by atoms with van der Waals surface area (Å²) in [6.07, 6.45) is -0.323. The summed E-state index contributed by atoms with van der Waals surface area (Å²) in [5.41, 5.74) is 1.07. The van der Waals surface area contributed by atoms with E-state index in [-0.39, 0.29) is 6.09 Å². The quantitative estimate of drug-likeness (QED) is 0.731. The van der Waals surface area contributed by atoms with Gasteiger partial charge in [0.25, 0.3) is 0 Å². The van der Waals surface area contributed by atoms with E-state index in [1.165, 1.54) is 0 Å². The summed E-state index contributed by atoms with van der Waals surface area (Å²) in [5.74, 6) is 0. The lowest BCUT2D eigenvalue weighted by Gasteiger charge is -2.27. The molecule has 0 unspecified atom stereocenters. The van der Waals surface area contributed by atoms with Gasteiger partial charge in [0.15, 0.2) is 0 Å². The number of hydrogen-bond acceptors (Lipinski definition) is 3. The van der Waals surface area contributed by atoms with Gasteiger partial charge in [-0.3, -0.25) is 0 Å². The molecule has 1 aromatic carbocycles. The van der Waals surface area contributed by atoms with Crippen molar-refractivity contribution in [3.8, 4) is 0 Å². The van der Waals surface area contributed by atoms with Gasteiger partial charge in [0.2, 0.25) is 0 Å². The third-order valence-electron chi connectivity index (χ3n) is 2.14. The van der Waals surface area contributed by atoms with Crippen molar-refractivity contribution in [1.29, 1.82) is 0 Å². The van der Waals surface area contributed by atoms with Gasteiger partial charge in [-0.15, -0.1) is 0 Å². The molecule has 0 aliphatic carbocycles. The Labute approximate surface area is 96.4 Å². The molecule has 88 valence electrons. The highest BCUT2D eigenvalue weighted by atomic mass is 16.6. The molecule has 0 saturated carbocycles. The van der Waals surface area contributed by atoms with Crippen molar-refractivity contribution < 1.29 is 9.53 Å². The summed E-state index contributed by atoms with van der Waals surface area (Å²) in [6, 6.07) is 9.82. The number of nitrogens with zero attached hydrogens (tertiary/aromatic N) is 2. The van der Waals surface area contributed by atoms with Gasteiger partial charge in [0, 0.05) is 14.1 Å². The maximum Gasteiger partial charge on any atom is 0.424 e. The molecule has 4 nitrogen and oxygen atoms in total. The van der Waals surface area contributed by atoms with E-state index in [9.17, 15) is 4.79 Å². The van der Waals surface area contributed by atoms with E-state index in [2.05, 4.69) is 0 Å². The second-order valence-corrected chi connectivity index (χ2v) is 3.59. The van der Waals surface area contributed by atoms with Gasteiger partial charge in [0.1, 0.15) is 0 Å². The Bertz CT molecular complexity index is 325. The minimum absolute atomic E-state index is 0.323. The van der Waals surface area contributed by atoms with Gasteiger partial charge in [-0.1, -0.05) is 30.3 Å². The molecule has 4 heteroatoms. The first-order chi connectivity index (χ1) is 7.65. The van der Waals surface area contributed by atoms with Gasteiger partial charge in [-0.05, 0) is 12.5 Å². The number of carbonyl (C=O) groups is 1. The van der Waals surface area contributed by atoms with Crippen LogP contribution in [0.4, 0.5) is 4.79 Å². The molecule has 0 atom stereocenters. The third-order valence-corrected chi connectivity index (χ3v) is 2.14. The lowest BCUT2D eigenvalue weighted by Crippen LogP contribution is -2.41. The Morgan fingerprint density at radius 2 is 1.88 bits per heavy atom. The van der Waals surface area contributed by atoms with Gasteiger partial charge >= 0.3 is 6.09 Å². The van der Waals surface area contributed by atoms with Gasteiger partial charge in [-0.25, -0.2) is 14.8 Å². The molecular weight excluding hydrogens is 204 g/mol. The fourth-order valence-corrected chi connectivity index (χ4v) is 1.32. The molecule has 0 radical (unpaired) electrons. The predicted molar refractivity (Wildman–Crippen MR) is 62.7 cm³/mol. The number of benzene rings is 1. The van der Waals surface area contributed by atoms with Crippen LogP contribution in [-0.2, 0) is 11.3 Å². The number of hydrogen-bond donors (Lipinski definition) is 0. The summed E-state index contributed by atoms with van der Waals surface area (Å²) >= 11 is 0. The van der Waals surface area contributed by atoms with Crippen LogP contribution in [0.25, 0.3) is 0 Å². The molecule has 0 bridgehead atoms. The van der Waals surface area contributed by atoms with Crippen molar-refractivity contribution in [2.45, 2.75) is 13.5 Å². The average molecular weight is 222 g/mol. The minimum atomic E-state index is -0.323. The van der Waals surface area contributed by atoms with Crippen LogP contribution in [-0.4, -0.2) is 36.8 Å². The van der Waals surface area contributed by atoms with Crippen molar-refractivity contribution in [1.82, 2.24) is 10.0 Å². The summed E-state index contributed by atoms with van der Waals surface area (Å²) in [4.78, 5) is 11.7. The van der Waals surface area contributed by atoms with Crippen LogP contribution in [0.1, 0.15) is 12.5 Å². The van der Waals surface area contributed by atoms with Crippen molar-refractivity contribution in [3.63, 3.8) is 0 Å². The van der Waals surface area contributed by atoms with E-state index in [1.54, 1.807) is 16.9 Å². The molecule has 0 N–H and O–H groups in total. The van der Waals surface area contributed by atoms with Crippen molar-refractivity contribution >= 4 is 6.09 Å². The predicted octanol–water partition coefficient (Wildman–Crippen LogP) is 2.12. The molecule has 0 fully saturated rings. The third kappa shape index (κ3) is 3.55. The Morgan fingerprint density at radius 3 is 2.38 bits per heavy atom. The van der Waals surface area contributed by atoms with E-state index >= 15 is 0 Å². The Balaban J connectivity index is 2.69. The Kier molecular flexibility index (Phi) is 4.79. The summed E-state index contributed by atoms with van der Waals surface area (Å²) in [5, 5.41) is 3.28. The van der Waals surface area contributed by atoms with Gasteiger partial charge in [-0.2, -0.15) is 0 Å². The first kappa shape index (κ1) is 12.5. The average Bonchev–Trinajstić information content (AvgIpc) is 2.27. The standard InChI is InChI=1S/C12H18N2O2/c1-4-16-12(15)14(13(2)3)10-11-8-6-5-7-9-11/h5-9H,4,10H2,1-3H3. The molecule has 0 heterocycles. The smallest absolute Gasteiger partial charge is 0.424 e. The van der Waals surface area contributed by atoms with E-state index in [4.69, 9.17) is 4.74 Å². The van der Waals surface area contributed by atoms with Crippen LogP contribution in [0.3, 0.4) is 0 Å². The van der Waals surface area contributed by atoms with Crippen LogP contribution < -0.4 is 0 Å². The van der Waals surface area contributed by atoms with Crippen LogP contribution in [0.5, 0.6) is 0 Å². The molecule has 16 heavy (non-hydrogen) atoms. The highest BCUT2D eigenvalue weighted by Gasteiger charge is 2.16. The van der Waals surface area contributed by atoms with Crippen molar-refractivity contribution in [2.75, 3.05) is 20.7 Å². The highest BCUT2D eigenvalue weighted by molar-refractivity contribution is 5.66. The monoisotopic (exact) mass is 222 g/mol. The van der Waals surface area contributed by atoms with E-state index in [0.29, 0.717) is 13.2 Å². The minimum Gasteiger partial charge on any atom is -0.449 e. The zero-order valence-electron chi connectivity index (χ0n) is 10.0. The van der Waals surface area contributed by atoms with Crippen LogP contribution in [0.2, 0.25) is 0 Å². The Morgan fingerprint density at radius 1 is 1.25 bits per heavy atom. The molecule has 1 aromatic rings. The zero-order chi connectivity index (χ0) is 12.0. The van der Waals surface area contributed by atoms with Crippen molar-refractivity contribution in [2.24, 2.45) is 0 Å². The molecule has 0 aliphatic heterocycles. The van der Waals surface area contributed by atoms with Gasteiger partial charge in [0.05, 0.1) is 13.2 Å². The largest absolute Gasteiger partial charge is 0.449 e. The molecule has 1 amide bonds. The fourth-order valence-electron chi connectivity index (χ4n) is 1.32. The highest BCUT2D eigenvalue weighted by Crippen LogP contribution is 2.07. The summed E-state index contributed by atoms with van der Waals surface area (Å²) < 4.78 is 4.98. The molecule has 1 rings (SSSR count). The maximum absolute atomic E-state index is 11.7. The first-order valence-corrected chi connectivity index (χ1v) is 5.30. The second kappa shape index (κ2) is 6.12. The van der Waals surface area contributed by atoms with E-state index < -0.39 is 0 Å². The number of hydrazine groups is 1. The summed E-state index contributed by atoms with van der Waals surface area (Å²) in [7, 11) is 3.64. The molecule has 0 saturated heterocycles. The SMILES string of the molecule is CCOC(=O)N(Cc1ccccc1)N(C)C. The van der Waals surface area contributed by atoms with E-state index in [1.807, 2.05) is 44.4 Å². The molecule has 0 spiro atoms. The zero-order valence-corrected chi connectivity index (χ0v) is 10.0. The lowest BCUT2D eigenvalue weighted by molar-refractivity contribution is 0.00782. The molecular formula is C12H18N2O2. The topological polar surface area (TPSA) is 32.8 Å². The fraction of sp³-hybridized carbons (Fsp3) is 0.417. The Hall–Kier alpha value is -1.55. The second-order valence-electron chi connectivity index (χ2n) is 3.59. The molecule has 0 aliphatic rings. The normalized spacial score (nSPS) is 10.2. The number of carbonyl (C=O) groups excluding carboxylic acids is 1.